The Hall–Kier alpha value is -2.63. The van der Waals surface area contributed by atoms with Crippen LogP contribution in [0.4, 0.5) is 4.39 Å². The minimum atomic E-state index is -1.02. The van der Waals surface area contributed by atoms with Crippen molar-refractivity contribution in [2.75, 3.05) is 13.1 Å². The van der Waals surface area contributed by atoms with Crippen LogP contribution in [0.1, 0.15) is 40.1 Å². The molecule has 1 fully saturated rings. The maximum absolute atomic E-state index is 13.0. The number of aryl methyl sites for hydroxylation is 1. The topological polar surface area (TPSA) is 70.7 Å². The number of benzene rings is 1. The minimum Gasteiger partial charge on any atom is -0.481 e. The molecule has 0 saturated carbocycles. The van der Waals surface area contributed by atoms with E-state index in [0.29, 0.717) is 30.1 Å². The van der Waals surface area contributed by atoms with E-state index in [1.54, 1.807) is 24.0 Å². The number of hydrogen-bond donors (Lipinski definition) is 1. The first-order valence-corrected chi connectivity index (χ1v) is 8.76. The largest absolute Gasteiger partial charge is 0.481 e. The number of carbonyl (C=O) groups is 2. The van der Waals surface area contributed by atoms with Crippen molar-refractivity contribution < 1.29 is 23.5 Å². The Balaban J connectivity index is 1.61. The molecule has 0 bridgehead atoms. The molecule has 1 aromatic carbocycles. The van der Waals surface area contributed by atoms with Gasteiger partial charge in [-0.1, -0.05) is 12.1 Å². The highest BCUT2D eigenvalue weighted by Gasteiger charge is 2.28. The van der Waals surface area contributed by atoms with Gasteiger partial charge in [-0.3, -0.25) is 9.59 Å². The number of amides is 1. The number of hydrogen-bond acceptors (Lipinski definition) is 3. The molecule has 0 unspecified atom stereocenters. The molecule has 6 heteroatoms. The summed E-state index contributed by atoms with van der Waals surface area (Å²) in [5, 5.41) is 8.98. The van der Waals surface area contributed by atoms with Crippen LogP contribution >= 0.6 is 0 Å². The second-order valence-corrected chi connectivity index (χ2v) is 6.85. The van der Waals surface area contributed by atoms with Gasteiger partial charge < -0.3 is 14.4 Å². The number of rotatable bonds is 5. The minimum absolute atomic E-state index is 0.160. The van der Waals surface area contributed by atoms with E-state index in [1.165, 1.54) is 18.4 Å². The Morgan fingerprint density at radius 1 is 1.23 bits per heavy atom. The number of carboxylic acids is 1. The Bertz CT molecular complexity index is 789. The zero-order valence-electron chi connectivity index (χ0n) is 14.7. The van der Waals surface area contributed by atoms with Gasteiger partial charge in [-0.15, -0.1) is 0 Å². The van der Waals surface area contributed by atoms with Gasteiger partial charge in [0.2, 0.25) is 0 Å². The second-order valence-electron chi connectivity index (χ2n) is 6.85. The van der Waals surface area contributed by atoms with E-state index in [2.05, 4.69) is 0 Å². The normalized spacial score (nSPS) is 15.2. The van der Waals surface area contributed by atoms with Gasteiger partial charge in [0.05, 0.1) is 11.8 Å². The van der Waals surface area contributed by atoms with E-state index >= 15 is 0 Å². The summed E-state index contributed by atoms with van der Waals surface area (Å²) in [5.41, 5.74) is 2.15. The first kappa shape index (κ1) is 18.2. The van der Waals surface area contributed by atoms with E-state index in [-0.39, 0.29) is 23.9 Å². The standard InChI is InChI=1S/C20H22FNO4/c1-13-12-26-17(11-18(23)24)19(13)20(25)22-8-6-15(7-9-22)10-14-2-4-16(21)5-3-14/h2-5,12,15H,6-11H2,1H3,(H,23,24). The van der Waals surface area contributed by atoms with E-state index in [9.17, 15) is 14.0 Å². The molecule has 138 valence electrons. The molecule has 1 aliphatic rings. The molecule has 0 aliphatic carbocycles. The summed E-state index contributed by atoms with van der Waals surface area (Å²) in [5.74, 6) is -0.747. The number of nitrogens with zero attached hydrogens (tertiary/aromatic N) is 1. The third-order valence-corrected chi connectivity index (χ3v) is 4.92. The van der Waals surface area contributed by atoms with E-state index in [4.69, 9.17) is 9.52 Å². The molecule has 26 heavy (non-hydrogen) atoms. The molecule has 1 amide bonds. The number of carboxylic acid groups (broad SMARTS) is 1. The van der Waals surface area contributed by atoms with Gasteiger partial charge in [-0.2, -0.15) is 0 Å². The van der Waals surface area contributed by atoms with Crippen LogP contribution < -0.4 is 0 Å². The first-order valence-electron chi connectivity index (χ1n) is 8.76. The Labute approximate surface area is 151 Å². The van der Waals surface area contributed by atoms with Crippen molar-refractivity contribution in [2.24, 2.45) is 5.92 Å². The van der Waals surface area contributed by atoms with Gasteiger partial charge in [0.15, 0.2) is 0 Å². The molecule has 1 aliphatic heterocycles. The summed E-state index contributed by atoms with van der Waals surface area (Å²) < 4.78 is 18.3. The van der Waals surface area contributed by atoms with Crippen molar-refractivity contribution in [1.29, 1.82) is 0 Å². The van der Waals surface area contributed by atoms with Crippen LogP contribution in [0.25, 0.3) is 0 Å². The number of halogens is 1. The molecule has 5 nitrogen and oxygen atoms in total. The predicted molar refractivity (Wildman–Crippen MR) is 93.5 cm³/mol. The van der Waals surface area contributed by atoms with Crippen molar-refractivity contribution >= 4 is 11.9 Å². The summed E-state index contributed by atoms with van der Waals surface area (Å²) in [6.45, 7) is 3.01. The fraction of sp³-hybridized carbons (Fsp3) is 0.400. The number of likely N-dealkylation sites (tertiary alicyclic amines) is 1. The van der Waals surface area contributed by atoms with Crippen molar-refractivity contribution in [1.82, 2.24) is 4.90 Å². The van der Waals surface area contributed by atoms with Crippen molar-refractivity contribution in [3.05, 3.63) is 58.8 Å². The Morgan fingerprint density at radius 2 is 1.88 bits per heavy atom. The van der Waals surface area contributed by atoms with Gasteiger partial charge in [-0.05, 0) is 49.8 Å². The van der Waals surface area contributed by atoms with Crippen LogP contribution in [-0.2, 0) is 17.6 Å². The monoisotopic (exact) mass is 359 g/mol. The highest BCUT2D eigenvalue weighted by atomic mass is 19.1. The van der Waals surface area contributed by atoms with E-state index in [1.807, 2.05) is 0 Å². The first-order chi connectivity index (χ1) is 12.4. The van der Waals surface area contributed by atoms with Crippen LogP contribution in [0, 0.1) is 18.7 Å². The highest BCUT2D eigenvalue weighted by molar-refractivity contribution is 5.97. The van der Waals surface area contributed by atoms with Gasteiger partial charge in [0.25, 0.3) is 5.91 Å². The molecule has 3 rings (SSSR count). The maximum atomic E-state index is 13.0. The average molecular weight is 359 g/mol. The van der Waals surface area contributed by atoms with Crippen LogP contribution in [0.5, 0.6) is 0 Å². The molecule has 2 aromatic rings. The summed E-state index contributed by atoms with van der Waals surface area (Å²) in [7, 11) is 0. The molecule has 0 radical (unpaired) electrons. The zero-order chi connectivity index (χ0) is 18.7. The maximum Gasteiger partial charge on any atom is 0.311 e. The SMILES string of the molecule is Cc1coc(CC(=O)O)c1C(=O)N1CCC(Cc2ccc(F)cc2)CC1. The third-order valence-electron chi connectivity index (χ3n) is 4.92. The molecule has 1 aromatic heterocycles. The second kappa shape index (κ2) is 7.72. The van der Waals surface area contributed by atoms with Gasteiger partial charge in [0, 0.05) is 18.7 Å². The lowest BCUT2D eigenvalue weighted by atomic mass is 9.90. The lowest BCUT2D eigenvalue weighted by molar-refractivity contribution is -0.136. The van der Waals surface area contributed by atoms with Gasteiger partial charge in [0.1, 0.15) is 18.0 Å². The molecule has 1 saturated heterocycles. The summed E-state index contributed by atoms with van der Waals surface area (Å²) in [6, 6.07) is 6.55. The third kappa shape index (κ3) is 4.12. The Morgan fingerprint density at radius 3 is 2.50 bits per heavy atom. The lowest BCUT2D eigenvalue weighted by Gasteiger charge is -2.32. The van der Waals surface area contributed by atoms with Crippen LogP contribution in [0.3, 0.4) is 0 Å². The zero-order valence-corrected chi connectivity index (χ0v) is 14.7. The summed E-state index contributed by atoms with van der Waals surface area (Å²) >= 11 is 0. The van der Waals surface area contributed by atoms with E-state index in [0.717, 1.165) is 24.8 Å². The highest BCUT2D eigenvalue weighted by Crippen LogP contribution is 2.25. The average Bonchev–Trinajstić information content (AvgIpc) is 2.96. The van der Waals surface area contributed by atoms with Crippen LogP contribution in [0.15, 0.2) is 34.9 Å². The Kier molecular flexibility index (Phi) is 5.40. The summed E-state index contributed by atoms with van der Waals surface area (Å²) in [6.07, 6.45) is 3.75. The predicted octanol–water partition coefficient (Wildman–Crippen LogP) is 3.45. The molecular formula is C20H22FNO4. The van der Waals surface area contributed by atoms with Crippen molar-refractivity contribution in [2.45, 2.75) is 32.6 Å². The van der Waals surface area contributed by atoms with Crippen molar-refractivity contribution in [3.8, 4) is 0 Å². The number of piperidine rings is 1. The van der Waals surface area contributed by atoms with Gasteiger partial charge in [-0.25, -0.2) is 4.39 Å². The van der Waals surface area contributed by atoms with E-state index < -0.39 is 5.97 Å². The molecule has 2 heterocycles. The molecular weight excluding hydrogens is 337 g/mol. The number of aliphatic carboxylic acids is 1. The van der Waals surface area contributed by atoms with Gasteiger partial charge >= 0.3 is 5.97 Å². The molecule has 0 spiro atoms. The quantitative estimate of drug-likeness (QED) is 0.888. The van der Waals surface area contributed by atoms with Crippen molar-refractivity contribution in [3.63, 3.8) is 0 Å². The number of carbonyl (C=O) groups excluding carboxylic acids is 1. The lowest BCUT2D eigenvalue weighted by Crippen LogP contribution is -2.39. The van der Waals surface area contributed by atoms with Crippen LogP contribution in [0.2, 0.25) is 0 Å². The smallest absolute Gasteiger partial charge is 0.311 e. The fourth-order valence-electron chi connectivity index (χ4n) is 3.50. The van der Waals surface area contributed by atoms with Crippen LogP contribution in [-0.4, -0.2) is 35.0 Å². The number of furan rings is 1. The molecule has 1 N–H and O–H groups in total. The molecule has 0 atom stereocenters. The fourth-order valence-corrected chi connectivity index (χ4v) is 3.50. The summed E-state index contributed by atoms with van der Waals surface area (Å²) in [4.78, 5) is 25.5.